The lowest BCUT2D eigenvalue weighted by atomic mass is 10.2. The van der Waals surface area contributed by atoms with Gasteiger partial charge in [0, 0.05) is 23.4 Å². The molecule has 176 valence electrons. The first kappa shape index (κ1) is 22.7. The van der Waals surface area contributed by atoms with E-state index in [0.717, 1.165) is 5.56 Å². The van der Waals surface area contributed by atoms with Gasteiger partial charge in [0.2, 0.25) is 11.8 Å². The smallest absolute Gasteiger partial charge is 0.253 e. The van der Waals surface area contributed by atoms with E-state index in [0.29, 0.717) is 34.5 Å². The van der Waals surface area contributed by atoms with Crippen LogP contribution >= 0.6 is 0 Å². The average Bonchev–Trinajstić information content (AvgIpc) is 3.26. The molecule has 0 saturated carbocycles. The van der Waals surface area contributed by atoms with Gasteiger partial charge in [-0.3, -0.25) is 14.2 Å². The number of amides is 1. The number of hydrogen-bond donors (Lipinski definition) is 1. The lowest BCUT2D eigenvalue weighted by molar-refractivity contribution is -0.121. The molecule has 1 aromatic carbocycles. The highest BCUT2D eigenvalue weighted by atomic mass is 16.5. The average molecular weight is 465 g/mol. The minimum atomic E-state index is -0.325. The fourth-order valence-corrected chi connectivity index (χ4v) is 3.20. The molecule has 34 heavy (non-hydrogen) atoms. The normalized spacial score (nSPS) is 10.8. The molecule has 0 spiro atoms. The number of nitrogens with zero attached hydrogens (tertiary/aromatic N) is 6. The molecule has 3 aromatic heterocycles. The van der Waals surface area contributed by atoms with Gasteiger partial charge in [-0.1, -0.05) is 0 Å². The van der Waals surface area contributed by atoms with E-state index < -0.39 is 0 Å². The first-order valence-corrected chi connectivity index (χ1v) is 10.4. The molecule has 3 heterocycles. The molecule has 4 aromatic rings. The van der Waals surface area contributed by atoms with E-state index >= 15 is 0 Å². The van der Waals surface area contributed by atoms with Crippen LogP contribution in [0.25, 0.3) is 17.0 Å². The molecule has 0 aliphatic carbocycles. The SMILES string of the molecule is COc1ccc(-c2nnc3ccc(OCCNC(=O)Cn4cnc(C)cc4=O)nn23)cc1OC. The van der Waals surface area contributed by atoms with E-state index in [1.807, 2.05) is 6.07 Å². The van der Waals surface area contributed by atoms with E-state index in [-0.39, 0.29) is 31.2 Å². The summed E-state index contributed by atoms with van der Waals surface area (Å²) in [6.45, 7) is 2.01. The van der Waals surface area contributed by atoms with Crippen molar-refractivity contribution in [1.82, 2.24) is 34.7 Å². The molecular formula is C22H23N7O5. The number of rotatable bonds is 9. The van der Waals surface area contributed by atoms with Crippen LogP contribution in [0.4, 0.5) is 0 Å². The van der Waals surface area contributed by atoms with Crippen molar-refractivity contribution >= 4 is 11.6 Å². The lowest BCUT2D eigenvalue weighted by Gasteiger charge is -2.10. The van der Waals surface area contributed by atoms with E-state index in [4.69, 9.17) is 14.2 Å². The molecule has 0 bridgehead atoms. The minimum Gasteiger partial charge on any atom is -0.493 e. The number of aromatic nitrogens is 6. The fraction of sp³-hybridized carbons (Fsp3) is 0.273. The lowest BCUT2D eigenvalue weighted by Crippen LogP contribution is -2.34. The monoisotopic (exact) mass is 465 g/mol. The van der Waals surface area contributed by atoms with Crippen LogP contribution in [-0.2, 0) is 11.3 Å². The van der Waals surface area contributed by atoms with Crippen LogP contribution in [-0.4, -0.2) is 62.6 Å². The van der Waals surface area contributed by atoms with E-state index in [2.05, 4.69) is 25.6 Å². The molecule has 0 radical (unpaired) electrons. The maximum Gasteiger partial charge on any atom is 0.253 e. The number of hydrogen-bond acceptors (Lipinski definition) is 9. The third-order valence-electron chi connectivity index (χ3n) is 4.88. The number of nitrogens with one attached hydrogen (secondary N) is 1. The summed E-state index contributed by atoms with van der Waals surface area (Å²) in [7, 11) is 3.12. The summed E-state index contributed by atoms with van der Waals surface area (Å²) in [5.74, 6) is 1.68. The summed E-state index contributed by atoms with van der Waals surface area (Å²) in [4.78, 5) is 28.0. The topological polar surface area (TPSA) is 135 Å². The van der Waals surface area contributed by atoms with Gasteiger partial charge in [-0.25, -0.2) is 4.98 Å². The third-order valence-corrected chi connectivity index (χ3v) is 4.88. The van der Waals surface area contributed by atoms with Crippen molar-refractivity contribution in [2.75, 3.05) is 27.4 Å². The zero-order chi connectivity index (χ0) is 24.1. The van der Waals surface area contributed by atoms with Crippen molar-refractivity contribution in [1.29, 1.82) is 0 Å². The van der Waals surface area contributed by atoms with E-state index in [9.17, 15) is 9.59 Å². The Morgan fingerprint density at radius 3 is 2.65 bits per heavy atom. The Hall–Kier alpha value is -4.48. The Kier molecular flexibility index (Phi) is 6.67. The molecular weight excluding hydrogens is 442 g/mol. The first-order valence-electron chi connectivity index (χ1n) is 10.4. The molecule has 0 unspecified atom stereocenters. The second-order valence-corrected chi connectivity index (χ2v) is 7.23. The van der Waals surface area contributed by atoms with Crippen LogP contribution in [0.5, 0.6) is 17.4 Å². The second kappa shape index (κ2) is 9.98. The van der Waals surface area contributed by atoms with Crippen molar-refractivity contribution in [3.8, 4) is 28.8 Å². The number of aryl methyl sites for hydroxylation is 1. The van der Waals surface area contributed by atoms with Crippen LogP contribution < -0.4 is 25.1 Å². The molecule has 4 rings (SSSR count). The van der Waals surface area contributed by atoms with E-state index in [1.165, 1.54) is 17.0 Å². The predicted octanol–water partition coefficient (Wildman–Crippen LogP) is 0.869. The number of carbonyl (C=O) groups excluding carboxylic acids is 1. The quantitative estimate of drug-likeness (QED) is 0.357. The maximum atomic E-state index is 12.1. The number of methoxy groups -OCH3 is 2. The van der Waals surface area contributed by atoms with Crippen molar-refractivity contribution in [2.45, 2.75) is 13.5 Å². The van der Waals surface area contributed by atoms with Crippen molar-refractivity contribution in [3.63, 3.8) is 0 Å². The molecule has 12 nitrogen and oxygen atoms in total. The Morgan fingerprint density at radius 1 is 1.06 bits per heavy atom. The summed E-state index contributed by atoms with van der Waals surface area (Å²) < 4.78 is 19.1. The molecule has 0 fully saturated rings. The van der Waals surface area contributed by atoms with Gasteiger partial charge in [0.25, 0.3) is 5.56 Å². The highest BCUT2D eigenvalue weighted by Gasteiger charge is 2.14. The van der Waals surface area contributed by atoms with Crippen molar-refractivity contribution in [2.24, 2.45) is 0 Å². The highest BCUT2D eigenvalue weighted by Crippen LogP contribution is 2.31. The number of benzene rings is 1. The van der Waals surface area contributed by atoms with Gasteiger partial charge in [0.05, 0.1) is 27.1 Å². The second-order valence-electron chi connectivity index (χ2n) is 7.23. The van der Waals surface area contributed by atoms with Crippen LogP contribution in [0.1, 0.15) is 5.69 Å². The van der Waals surface area contributed by atoms with Gasteiger partial charge in [-0.15, -0.1) is 15.3 Å². The molecule has 1 N–H and O–H groups in total. The van der Waals surface area contributed by atoms with Gasteiger partial charge in [0.15, 0.2) is 23.0 Å². The van der Waals surface area contributed by atoms with Gasteiger partial charge in [-0.2, -0.15) is 4.52 Å². The zero-order valence-corrected chi connectivity index (χ0v) is 18.9. The van der Waals surface area contributed by atoms with Crippen molar-refractivity contribution in [3.05, 3.63) is 58.8 Å². The summed E-state index contributed by atoms with van der Waals surface area (Å²) >= 11 is 0. The Balaban J connectivity index is 1.39. The van der Waals surface area contributed by atoms with E-state index in [1.54, 1.807) is 49.9 Å². The maximum absolute atomic E-state index is 12.1. The molecule has 0 aliphatic rings. The van der Waals surface area contributed by atoms with Crippen LogP contribution in [0.2, 0.25) is 0 Å². The molecule has 0 aliphatic heterocycles. The van der Waals surface area contributed by atoms with Gasteiger partial charge in [-0.05, 0) is 31.2 Å². The number of ether oxygens (including phenoxy) is 3. The number of carbonyl (C=O) groups is 1. The molecule has 0 saturated heterocycles. The summed E-state index contributed by atoms with van der Waals surface area (Å²) in [5, 5.41) is 15.5. The molecule has 1 amide bonds. The Bertz CT molecular complexity index is 1380. The van der Waals surface area contributed by atoms with Crippen LogP contribution in [0.15, 0.2) is 47.5 Å². The standard InChI is InChI=1S/C22H23N7O5/c1-14-10-21(31)28(13-24-14)12-19(30)23-8-9-34-20-7-6-18-25-26-22(29(18)27-20)15-4-5-16(32-2)17(11-15)33-3/h4-7,10-11,13H,8-9,12H2,1-3H3,(H,23,30). The zero-order valence-electron chi connectivity index (χ0n) is 18.9. The third kappa shape index (κ3) is 4.95. The molecule has 0 atom stereocenters. The number of fused-ring (bicyclic) bond motifs is 1. The van der Waals surface area contributed by atoms with Gasteiger partial charge < -0.3 is 19.5 Å². The first-order chi connectivity index (χ1) is 16.5. The fourth-order valence-electron chi connectivity index (χ4n) is 3.20. The van der Waals surface area contributed by atoms with Gasteiger partial charge in [0.1, 0.15) is 13.2 Å². The van der Waals surface area contributed by atoms with Crippen LogP contribution in [0.3, 0.4) is 0 Å². The predicted molar refractivity (Wildman–Crippen MR) is 121 cm³/mol. The summed E-state index contributed by atoms with van der Waals surface area (Å²) in [5.41, 5.74) is 1.60. The molecule has 12 heteroatoms. The minimum absolute atomic E-state index is 0.119. The Morgan fingerprint density at radius 2 is 1.88 bits per heavy atom. The van der Waals surface area contributed by atoms with Gasteiger partial charge >= 0.3 is 0 Å². The summed E-state index contributed by atoms with van der Waals surface area (Å²) in [6.07, 6.45) is 1.35. The van der Waals surface area contributed by atoms with Crippen LogP contribution in [0, 0.1) is 6.92 Å². The van der Waals surface area contributed by atoms with Crippen molar-refractivity contribution < 1.29 is 19.0 Å². The summed E-state index contributed by atoms with van der Waals surface area (Å²) in [6, 6.07) is 10.2. The highest BCUT2D eigenvalue weighted by molar-refractivity contribution is 5.75. The largest absolute Gasteiger partial charge is 0.493 e. The Labute approximate surface area is 194 Å².